The van der Waals surface area contributed by atoms with Crippen molar-refractivity contribution in [2.24, 2.45) is 22.2 Å². The number of likely N-dealkylation sites (tertiary alicyclic amines) is 1. The Morgan fingerprint density at radius 2 is 1.85 bits per heavy atom. The van der Waals surface area contributed by atoms with E-state index < -0.39 is 53.0 Å². The number of carbonyl (C=O) groups excluding carboxylic acids is 5. The van der Waals surface area contributed by atoms with E-state index >= 15 is 0 Å². The van der Waals surface area contributed by atoms with Gasteiger partial charge in [0.15, 0.2) is 0 Å². The highest BCUT2D eigenvalue weighted by Gasteiger charge is 2.46. The number of esters is 1. The number of hydrogen-bond acceptors (Lipinski definition) is 12. The molecule has 4 amide bonds. The molecule has 17 heteroatoms. The van der Waals surface area contributed by atoms with Crippen molar-refractivity contribution in [3.8, 4) is 0 Å². The van der Waals surface area contributed by atoms with Crippen LogP contribution in [0.5, 0.6) is 0 Å². The molecule has 0 aliphatic carbocycles. The first-order valence-corrected chi connectivity index (χ1v) is 24.2. The maximum absolute atomic E-state index is 14.8. The van der Waals surface area contributed by atoms with Gasteiger partial charge in [-0.15, -0.1) is 0 Å². The van der Waals surface area contributed by atoms with Crippen LogP contribution in [0.2, 0.25) is 0 Å². The average molecular weight is 943 g/mol. The van der Waals surface area contributed by atoms with Crippen molar-refractivity contribution in [3.05, 3.63) is 60.5 Å². The molecule has 6 rings (SSSR count). The molecule has 0 saturated carbocycles. The topological polar surface area (TPSA) is 188 Å². The zero-order chi connectivity index (χ0) is 49.7. The number of aliphatic hydroxyl groups is 1. The Bertz CT molecular complexity index is 2300. The molecule has 4 aliphatic rings. The summed E-state index contributed by atoms with van der Waals surface area (Å²) < 4.78 is 20.6. The Hall–Kier alpha value is -5.36. The van der Waals surface area contributed by atoms with Crippen LogP contribution in [0, 0.1) is 17.3 Å². The highest BCUT2D eigenvalue weighted by Crippen LogP contribution is 2.40. The second kappa shape index (κ2) is 21.9. The van der Waals surface area contributed by atoms with Gasteiger partial charge in [0.2, 0.25) is 23.4 Å². The van der Waals surface area contributed by atoms with Crippen LogP contribution in [-0.2, 0) is 51.1 Å². The van der Waals surface area contributed by atoms with Crippen LogP contribution >= 0.6 is 0 Å². The average Bonchev–Trinajstić information content (AvgIpc) is 3.84. The number of aliphatic imine (C=N–C) groups is 1. The summed E-state index contributed by atoms with van der Waals surface area (Å²) in [7, 11) is 3.23. The molecule has 372 valence electrons. The van der Waals surface area contributed by atoms with Gasteiger partial charge in [-0.3, -0.25) is 29.2 Å². The third kappa shape index (κ3) is 11.1. The lowest BCUT2D eigenvalue weighted by Crippen LogP contribution is -2.67. The molecule has 3 saturated heterocycles. The molecule has 0 spiro atoms. The van der Waals surface area contributed by atoms with Crippen molar-refractivity contribution >= 4 is 58.0 Å². The predicted molar refractivity (Wildman–Crippen MR) is 262 cm³/mol. The van der Waals surface area contributed by atoms with Gasteiger partial charge in [0, 0.05) is 107 Å². The fourth-order valence-corrected chi connectivity index (χ4v) is 10.3. The number of methoxy groups -OCH3 is 1. The Morgan fingerprint density at radius 3 is 2.51 bits per heavy atom. The van der Waals surface area contributed by atoms with E-state index in [9.17, 15) is 29.1 Å². The van der Waals surface area contributed by atoms with Gasteiger partial charge in [0.25, 0.3) is 5.91 Å². The molecule has 0 radical (unpaired) electrons. The quantitative estimate of drug-likeness (QED) is 0.117. The summed E-state index contributed by atoms with van der Waals surface area (Å²) in [4.78, 5) is 79.8. The normalized spacial score (nSPS) is 25.0. The summed E-state index contributed by atoms with van der Waals surface area (Å²) in [6.07, 6.45) is 5.83. The van der Waals surface area contributed by atoms with Gasteiger partial charge in [-0.2, -0.15) is 5.43 Å². The molecule has 17 nitrogen and oxygen atoms in total. The molecule has 68 heavy (non-hydrogen) atoms. The number of benzene rings is 1. The SMILES string of the molecule is C=CC(=O)N1CC[C@H](C(=O)N(C)[C@H](C(=O)N[C@H]2C[C@H]3CN(CCCO3)c3ccc4c(c3)c(c(/C(C=C)=C(/N=C\C)[C@H](C)OC)n4CC)CC(C)(C)COC(=O)[C@@]3(O)CCCN(N3)C2=O)C(C)C)C1. The molecular weight excluding hydrogens is 869 g/mol. The van der Waals surface area contributed by atoms with E-state index in [1.807, 2.05) is 47.6 Å². The number of anilines is 1. The Labute approximate surface area is 401 Å². The maximum atomic E-state index is 14.8. The number of ether oxygens (including phenoxy) is 3. The van der Waals surface area contributed by atoms with Gasteiger partial charge in [-0.25, -0.2) is 4.79 Å². The lowest BCUT2D eigenvalue weighted by Gasteiger charge is -2.41. The Kier molecular flexibility index (Phi) is 16.8. The number of amides is 4. The van der Waals surface area contributed by atoms with Gasteiger partial charge in [0.05, 0.1) is 36.1 Å². The third-order valence-electron chi connectivity index (χ3n) is 13.8. The van der Waals surface area contributed by atoms with E-state index in [1.165, 1.54) is 16.0 Å². The van der Waals surface area contributed by atoms with E-state index in [4.69, 9.17) is 19.2 Å². The largest absolute Gasteiger partial charge is 0.462 e. The molecular formula is C51H74N8O9. The van der Waals surface area contributed by atoms with Gasteiger partial charge >= 0.3 is 5.97 Å². The molecule has 6 bridgehead atoms. The molecule has 0 unspecified atom stereocenters. The van der Waals surface area contributed by atoms with Gasteiger partial charge in [-0.05, 0) is 82.2 Å². The van der Waals surface area contributed by atoms with E-state index in [2.05, 4.69) is 58.5 Å². The van der Waals surface area contributed by atoms with Crippen molar-refractivity contribution in [1.82, 2.24) is 30.1 Å². The maximum Gasteiger partial charge on any atom is 0.355 e. The lowest BCUT2D eigenvalue weighted by atomic mass is 9.84. The smallest absolute Gasteiger partial charge is 0.355 e. The number of aromatic nitrogens is 1. The van der Waals surface area contributed by atoms with E-state index in [0.717, 1.165) is 39.1 Å². The van der Waals surface area contributed by atoms with Gasteiger partial charge in [-0.1, -0.05) is 46.9 Å². The number of likely N-dealkylation sites (N-methyl/N-ethyl adjacent to an activating group) is 1. The third-order valence-corrected chi connectivity index (χ3v) is 13.8. The minimum Gasteiger partial charge on any atom is -0.462 e. The standard InChI is InChI=1S/C51H74N8O9/c1-12-37(43(52-14-3)33(7)66-11)45-39-28-50(8,9)31-68-49(64)51(65)21-16-23-59(54-51)48(63)40(27-36-30-56(22-17-25-67-36)35-18-19-41(38(39)26-35)58(45)15-4)53-46(61)44(32(5)6)55(10)47(62)34-20-24-57(29-34)42(60)13-2/h12-14,18-19,26,32-34,36,40,44,54,65H,1-2,15-17,20-25,27-31H2,3-11H3,(H,53,61)/b43-37+,52-14-/t33-,34-,36-,40-,44-,51-/m0/s1. The number of fused-ring (bicyclic) bond motifs is 6. The fourth-order valence-electron chi connectivity index (χ4n) is 10.3. The molecule has 1 aromatic heterocycles. The number of nitrogens with one attached hydrogen (secondary N) is 2. The van der Waals surface area contributed by atoms with Gasteiger partial charge < -0.3 is 43.9 Å². The number of aryl methyl sites for hydroxylation is 1. The van der Waals surface area contributed by atoms with Crippen LogP contribution in [0.4, 0.5) is 5.69 Å². The molecule has 6 atom stereocenters. The zero-order valence-corrected chi connectivity index (χ0v) is 41.6. The minimum absolute atomic E-state index is 0.0180. The summed E-state index contributed by atoms with van der Waals surface area (Å²) >= 11 is 0. The highest BCUT2D eigenvalue weighted by atomic mass is 16.6. The van der Waals surface area contributed by atoms with Crippen LogP contribution in [-0.4, -0.2) is 150 Å². The number of hydrazine groups is 1. The van der Waals surface area contributed by atoms with Crippen LogP contribution in [0.25, 0.3) is 16.5 Å². The predicted octanol–water partition coefficient (Wildman–Crippen LogP) is 4.61. The fraction of sp³-hybridized carbons (Fsp3) is 0.608. The summed E-state index contributed by atoms with van der Waals surface area (Å²) in [5.74, 6) is -3.43. The van der Waals surface area contributed by atoms with Crippen molar-refractivity contribution < 1.29 is 43.3 Å². The highest BCUT2D eigenvalue weighted by molar-refractivity contribution is 5.96. The second-order valence-electron chi connectivity index (χ2n) is 19.7. The monoisotopic (exact) mass is 943 g/mol. The van der Waals surface area contributed by atoms with Crippen molar-refractivity contribution in [3.63, 3.8) is 0 Å². The number of hydrogen-bond donors (Lipinski definition) is 3. The van der Waals surface area contributed by atoms with Crippen molar-refractivity contribution in [1.29, 1.82) is 0 Å². The summed E-state index contributed by atoms with van der Waals surface area (Å²) in [6, 6.07) is 4.27. The first kappa shape index (κ1) is 52.0. The van der Waals surface area contributed by atoms with E-state index in [0.29, 0.717) is 52.0 Å². The molecule has 4 aliphatic heterocycles. The van der Waals surface area contributed by atoms with Crippen LogP contribution in [0.3, 0.4) is 0 Å². The van der Waals surface area contributed by atoms with Crippen LogP contribution in [0.15, 0.2) is 54.2 Å². The van der Waals surface area contributed by atoms with Crippen molar-refractivity contribution in [2.75, 3.05) is 65.0 Å². The van der Waals surface area contributed by atoms with Crippen molar-refractivity contribution in [2.45, 2.75) is 124 Å². The van der Waals surface area contributed by atoms with Crippen LogP contribution < -0.4 is 15.6 Å². The lowest BCUT2D eigenvalue weighted by molar-refractivity contribution is -0.189. The summed E-state index contributed by atoms with van der Waals surface area (Å²) in [6.45, 7) is 24.3. The minimum atomic E-state index is -2.24. The Morgan fingerprint density at radius 1 is 1.10 bits per heavy atom. The number of nitrogens with zero attached hydrogens (tertiary/aromatic N) is 6. The van der Waals surface area contributed by atoms with E-state index in [-0.39, 0.29) is 62.8 Å². The number of cyclic esters (lactones) is 1. The second-order valence-corrected chi connectivity index (χ2v) is 19.7. The summed E-state index contributed by atoms with van der Waals surface area (Å²) in [5, 5.41) is 17.1. The van der Waals surface area contributed by atoms with E-state index in [1.54, 1.807) is 25.3 Å². The molecule has 3 N–H and O–H groups in total. The first-order chi connectivity index (χ1) is 32.3. The number of carbonyl (C=O) groups is 5. The van der Waals surface area contributed by atoms with Gasteiger partial charge in [0.1, 0.15) is 12.1 Å². The Balaban J connectivity index is 1.43. The first-order valence-electron chi connectivity index (χ1n) is 24.2. The molecule has 2 aromatic rings. The molecule has 3 fully saturated rings. The molecule has 5 heterocycles. The zero-order valence-electron chi connectivity index (χ0n) is 41.6. The number of rotatable bonds is 12. The summed E-state index contributed by atoms with van der Waals surface area (Å²) in [5.41, 5.74) is 5.35. The molecule has 1 aromatic carbocycles. The van der Waals surface area contributed by atoms with Crippen LogP contribution in [0.1, 0.15) is 91.8 Å². The number of allylic oxidation sites excluding steroid dienone is 2.